The number of aliphatic hydroxyl groups excluding tert-OH is 1. The van der Waals surface area contributed by atoms with E-state index in [-0.39, 0.29) is 6.54 Å². The van der Waals surface area contributed by atoms with Crippen LogP contribution in [0.2, 0.25) is 0 Å². The highest BCUT2D eigenvalue weighted by molar-refractivity contribution is 5.62. The Kier molecular flexibility index (Phi) is 4.77. The maximum atomic E-state index is 13.3. The van der Waals surface area contributed by atoms with Crippen molar-refractivity contribution < 1.29 is 13.9 Å². The smallest absolute Gasteiger partial charge is 0.130 e. The zero-order valence-electron chi connectivity index (χ0n) is 12.7. The molecule has 0 saturated carbocycles. The van der Waals surface area contributed by atoms with Gasteiger partial charge in [0.05, 0.1) is 11.8 Å². The minimum Gasteiger partial charge on any atom is -0.387 e. The first-order valence-corrected chi connectivity index (χ1v) is 7.37. The molecule has 6 heteroatoms. The third-order valence-electron chi connectivity index (χ3n) is 3.49. The van der Waals surface area contributed by atoms with Crippen LogP contribution < -0.4 is 5.32 Å². The van der Waals surface area contributed by atoms with E-state index in [0.29, 0.717) is 17.1 Å². The van der Waals surface area contributed by atoms with Gasteiger partial charge in [0.1, 0.15) is 23.8 Å². The maximum Gasteiger partial charge on any atom is 0.130 e. The minimum atomic E-state index is -0.698. The summed E-state index contributed by atoms with van der Waals surface area (Å²) in [6.45, 7) is 0.248. The van der Waals surface area contributed by atoms with E-state index in [4.69, 9.17) is 0 Å². The molecule has 0 fully saturated rings. The molecule has 0 spiro atoms. The van der Waals surface area contributed by atoms with Crippen LogP contribution in [0.4, 0.5) is 14.6 Å². The molecule has 3 rings (SSSR count). The molecular formula is C18H15F2N3O. The zero-order chi connectivity index (χ0) is 16.9. The van der Waals surface area contributed by atoms with Crippen LogP contribution in [0, 0.1) is 11.6 Å². The molecule has 1 atom stereocenters. The van der Waals surface area contributed by atoms with Crippen molar-refractivity contribution in [3.05, 3.63) is 78.1 Å². The number of halogens is 2. The maximum absolute atomic E-state index is 13.3. The van der Waals surface area contributed by atoms with E-state index in [9.17, 15) is 13.9 Å². The first-order chi connectivity index (χ1) is 11.6. The van der Waals surface area contributed by atoms with Gasteiger partial charge in [-0.15, -0.1) is 0 Å². The Bertz CT molecular complexity index is 807. The van der Waals surface area contributed by atoms with Gasteiger partial charge in [-0.2, -0.15) is 0 Å². The summed E-state index contributed by atoms with van der Waals surface area (Å²) in [6, 6.07) is 14.0. The Labute approximate surface area is 137 Å². The van der Waals surface area contributed by atoms with E-state index in [2.05, 4.69) is 15.3 Å². The molecule has 0 aliphatic rings. The number of hydrogen-bond acceptors (Lipinski definition) is 4. The summed E-state index contributed by atoms with van der Waals surface area (Å²) < 4.78 is 26.6. The molecule has 0 radical (unpaired) electrons. The molecule has 2 aromatic carbocycles. The van der Waals surface area contributed by atoms with E-state index < -0.39 is 17.7 Å². The van der Waals surface area contributed by atoms with Gasteiger partial charge in [-0.05, 0) is 17.7 Å². The fourth-order valence-corrected chi connectivity index (χ4v) is 2.31. The second kappa shape index (κ2) is 7.14. The summed E-state index contributed by atoms with van der Waals surface area (Å²) in [5, 5.41) is 13.1. The minimum absolute atomic E-state index is 0.248. The standard InChI is InChI=1S/C18H15F2N3O/c19-14-6-13(7-15(20)8-14)16-9-18(23-11-22-16)21-10-17(24)12-4-2-1-3-5-12/h1-9,11,17,24H,10H2,(H,21,22,23). The van der Waals surface area contributed by atoms with Gasteiger partial charge in [0.15, 0.2) is 0 Å². The number of anilines is 1. The highest BCUT2D eigenvalue weighted by atomic mass is 19.1. The van der Waals surface area contributed by atoms with Crippen molar-refractivity contribution >= 4 is 5.82 Å². The average Bonchev–Trinajstić information content (AvgIpc) is 2.60. The van der Waals surface area contributed by atoms with Gasteiger partial charge in [0, 0.05) is 24.2 Å². The van der Waals surface area contributed by atoms with Crippen molar-refractivity contribution in [3.63, 3.8) is 0 Å². The SMILES string of the molecule is OC(CNc1cc(-c2cc(F)cc(F)c2)ncn1)c1ccccc1. The highest BCUT2D eigenvalue weighted by Crippen LogP contribution is 2.21. The van der Waals surface area contributed by atoms with Crippen molar-refractivity contribution in [3.8, 4) is 11.3 Å². The third kappa shape index (κ3) is 3.91. The molecule has 4 nitrogen and oxygen atoms in total. The second-order valence-corrected chi connectivity index (χ2v) is 5.25. The van der Waals surface area contributed by atoms with Crippen LogP contribution in [0.15, 0.2) is 60.9 Å². The predicted molar refractivity (Wildman–Crippen MR) is 87.3 cm³/mol. The monoisotopic (exact) mass is 327 g/mol. The summed E-state index contributed by atoms with van der Waals surface area (Å²) in [4.78, 5) is 8.08. The van der Waals surface area contributed by atoms with Crippen LogP contribution in [0.5, 0.6) is 0 Å². The molecule has 1 heterocycles. The molecule has 0 aliphatic heterocycles. The molecule has 0 aliphatic carbocycles. The van der Waals surface area contributed by atoms with Crippen LogP contribution in [0.3, 0.4) is 0 Å². The van der Waals surface area contributed by atoms with Crippen molar-refractivity contribution in [2.75, 3.05) is 11.9 Å². The number of benzene rings is 2. The summed E-state index contributed by atoms with van der Waals surface area (Å²) in [6.07, 6.45) is 0.603. The summed E-state index contributed by atoms with van der Waals surface area (Å²) in [7, 11) is 0. The van der Waals surface area contributed by atoms with Gasteiger partial charge in [0.2, 0.25) is 0 Å². The van der Waals surface area contributed by atoms with Crippen molar-refractivity contribution in [1.82, 2.24) is 9.97 Å². The van der Waals surface area contributed by atoms with Crippen molar-refractivity contribution in [2.24, 2.45) is 0 Å². The van der Waals surface area contributed by atoms with Crippen molar-refractivity contribution in [2.45, 2.75) is 6.10 Å². The van der Waals surface area contributed by atoms with Crippen LogP contribution in [-0.4, -0.2) is 21.6 Å². The van der Waals surface area contributed by atoms with E-state index in [0.717, 1.165) is 11.6 Å². The third-order valence-corrected chi connectivity index (χ3v) is 3.49. The van der Waals surface area contributed by atoms with Crippen LogP contribution >= 0.6 is 0 Å². The van der Waals surface area contributed by atoms with E-state index in [1.165, 1.54) is 18.5 Å². The lowest BCUT2D eigenvalue weighted by molar-refractivity contribution is 0.191. The molecule has 3 aromatic rings. The number of hydrogen-bond donors (Lipinski definition) is 2. The Hall–Kier alpha value is -2.86. The van der Waals surface area contributed by atoms with E-state index >= 15 is 0 Å². The van der Waals surface area contributed by atoms with Crippen LogP contribution in [0.1, 0.15) is 11.7 Å². The number of aromatic nitrogens is 2. The summed E-state index contributed by atoms with van der Waals surface area (Å²) >= 11 is 0. The number of aliphatic hydroxyl groups is 1. The Morgan fingerprint density at radius 2 is 1.67 bits per heavy atom. The quantitative estimate of drug-likeness (QED) is 0.752. The van der Waals surface area contributed by atoms with Gasteiger partial charge < -0.3 is 10.4 Å². The van der Waals surface area contributed by atoms with Gasteiger partial charge in [-0.3, -0.25) is 0 Å². The fourth-order valence-electron chi connectivity index (χ4n) is 2.31. The Morgan fingerprint density at radius 3 is 2.38 bits per heavy atom. The first-order valence-electron chi connectivity index (χ1n) is 7.37. The average molecular weight is 327 g/mol. The lowest BCUT2D eigenvalue weighted by atomic mass is 10.1. The molecule has 0 bridgehead atoms. The Morgan fingerprint density at radius 1 is 0.958 bits per heavy atom. The number of nitrogens with one attached hydrogen (secondary N) is 1. The second-order valence-electron chi connectivity index (χ2n) is 5.25. The van der Waals surface area contributed by atoms with Crippen molar-refractivity contribution in [1.29, 1.82) is 0 Å². The van der Waals surface area contributed by atoms with Gasteiger partial charge in [-0.25, -0.2) is 18.7 Å². The molecule has 0 saturated heterocycles. The Balaban J connectivity index is 1.74. The molecule has 122 valence electrons. The fraction of sp³-hybridized carbons (Fsp3) is 0.111. The summed E-state index contributed by atoms with van der Waals surface area (Å²) in [5.74, 6) is -0.880. The number of nitrogens with zero attached hydrogens (tertiary/aromatic N) is 2. The number of rotatable bonds is 5. The molecule has 1 unspecified atom stereocenters. The van der Waals surface area contributed by atoms with Crippen LogP contribution in [0.25, 0.3) is 11.3 Å². The van der Waals surface area contributed by atoms with Gasteiger partial charge in [0.25, 0.3) is 0 Å². The molecular weight excluding hydrogens is 312 g/mol. The van der Waals surface area contributed by atoms with Crippen LogP contribution in [-0.2, 0) is 0 Å². The molecule has 24 heavy (non-hydrogen) atoms. The molecule has 2 N–H and O–H groups in total. The van der Waals surface area contributed by atoms with Gasteiger partial charge >= 0.3 is 0 Å². The molecule has 0 amide bonds. The topological polar surface area (TPSA) is 58.0 Å². The lowest BCUT2D eigenvalue weighted by Gasteiger charge is -2.13. The molecule has 1 aromatic heterocycles. The van der Waals surface area contributed by atoms with E-state index in [1.807, 2.05) is 30.3 Å². The predicted octanol–water partition coefficient (Wildman–Crippen LogP) is 3.57. The first kappa shape index (κ1) is 16.0. The normalized spacial score (nSPS) is 12.0. The highest BCUT2D eigenvalue weighted by Gasteiger charge is 2.09. The van der Waals surface area contributed by atoms with Gasteiger partial charge in [-0.1, -0.05) is 30.3 Å². The lowest BCUT2D eigenvalue weighted by Crippen LogP contribution is -2.13. The summed E-state index contributed by atoms with van der Waals surface area (Å²) in [5.41, 5.74) is 1.49. The largest absolute Gasteiger partial charge is 0.387 e. The van der Waals surface area contributed by atoms with E-state index in [1.54, 1.807) is 6.07 Å². The zero-order valence-corrected chi connectivity index (χ0v) is 12.7.